The molecular formula is C24H31N5O3. The first kappa shape index (κ1) is 22.4. The standard InChI is InChI=1S/C24H31N5O3/c1-17(30)29-13-20(14-29)27-23-11-21(25-16-26-23)22(31)7-9-24(2,32)15-28-10-8-18-5-3-4-6-19(18)12-28/h3-6,11,16,20,32H,7-10,12-15H2,1-2H3,(H,25,26,27). The summed E-state index contributed by atoms with van der Waals surface area (Å²) in [5.41, 5.74) is 2.07. The Balaban J connectivity index is 1.27. The predicted octanol–water partition coefficient (Wildman–Crippen LogP) is 1.89. The number of nitrogens with zero attached hydrogens (tertiary/aromatic N) is 4. The number of likely N-dealkylation sites (tertiary alicyclic amines) is 1. The molecule has 1 saturated heterocycles. The quantitative estimate of drug-likeness (QED) is 0.609. The van der Waals surface area contributed by atoms with Gasteiger partial charge in [-0.3, -0.25) is 14.5 Å². The molecule has 1 unspecified atom stereocenters. The highest BCUT2D eigenvalue weighted by Gasteiger charge is 2.29. The number of carbonyl (C=O) groups excluding carboxylic acids is 2. The van der Waals surface area contributed by atoms with Crippen molar-refractivity contribution in [1.29, 1.82) is 0 Å². The zero-order valence-corrected chi connectivity index (χ0v) is 18.8. The second-order valence-corrected chi connectivity index (χ2v) is 9.20. The number of carbonyl (C=O) groups is 2. The minimum Gasteiger partial charge on any atom is -0.389 e. The van der Waals surface area contributed by atoms with Gasteiger partial charge in [-0.2, -0.15) is 0 Å². The van der Waals surface area contributed by atoms with Crippen molar-refractivity contribution in [3.63, 3.8) is 0 Å². The highest BCUT2D eigenvalue weighted by molar-refractivity contribution is 5.94. The Kier molecular flexibility index (Phi) is 6.53. The second kappa shape index (κ2) is 9.34. The average molecular weight is 438 g/mol. The maximum absolute atomic E-state index is 12.7. The molecule has 0 saturated carbocycles. The van der Waals surface area contributed by atoms with E-state index < -0.39 is 5.60 Å². The molecule has 2 aliphatic heterocycles. The molecule has 0 spiro atoms. The summed E-state index contributed by atoms with van der Waals surface area (Å²) >= 11 is 0. The van der Waals surface area contributed by atoms with Gasteiger partial charge in [-0.15, -0.1) is 0 Å². The van der Waals surface area contributed by atoms with E-state index in [-0.39, 0.29) is 24.2 Å². The zero-order chi connectivity index (χ0) is 22.7. The van der Waals surface area contributed by atoms with Crippen LogP contribution < -0.4 is 5.32 Å². The monoisotopic (exact) mass is 437 g/mol. The van der Waals surface area contributed by atoms with Crippen molar-refractivity contribution in [2.24, 2.45) is 0 Å². The minimum absolute atomic E-state index is 0.0578. The van der Waals surface area contributed by atoms with Crippen LogP contribution in [0, 0.1) is 0 Å². The maximum Gasteiger partial charge on any atom is 0.219 e. The summed E-state index contributed by atoms with van der Waals surface area (Å²) in [4.78, 5) is 36.3. The van der Waals surface area contributed by atoms with Crippen molar-refractivity contribution in [3.05, 3.63) is 53.5 Å². The summed E-state index contributed by atoms with van der Waals surface area (Å²) in [6.45, 7) is 6.87. The molecule has 0 radical (unpaired) electrons. The third-order valence-corrected chi connectivity index (χ3v) is 6.30. The molecule has 2 aliphatic rings. The van der Waals surface area contributed by atoms with E-state index in [0.29, 0.717) is 37.6 Å². The predicted molar refractivity (Wildman–Crippen MR) is 121 cm³/mol. The van der Waals surface area contributed by atoms with Crippen LogP contribution in [0.15, 0.2) is 36.7 Å². The maximum atomic E-state index is 12.7. The van der Waals surface area contributed by atoms with Gasteiger partial charge in [0.25, 0.3) is 0 Å². The molecule has 2 aromatic rings. The lowest BCUT2D eigenvalue weighted by Gasteiger charge is -2.39. The highest BCUT2D eigenvalue weighted by atomic mass is 16.3. The molecule has 8 nitrogen and oxygen atoms in total. The molecule has 1 atom stereocenters. The highest BCUT2D eigenvalue weighted by Crippen LogP contribution is 2.23. The Morgan fingerprint density at radius 1 is 1.22 bits per heavy atom. The molecule has 2 N–H and O–H groups in total. The number of rotatable bonds is 8. The van der Waals surface area contributed by atoms with Gasteiger partial charge in [0.05, 0.1) is 11.6 Å². The van der Waals surface area contributed by atoms with E-state index in [1.165, 1.54) is 17.5 Å². The lowest BCUT2D eigenvalue weighted by molar-refractivity contribution is -0.132. The van der Waals surface area contributed by atoms with Crippen LogP contribution in [0.5, 0.6) is 0 Å². The fourth-order valence-corrected chi connectivity index (χ4v) is 4.39. The number of amides is 1. The number of β-amino-alcohol motifs (C(OH)–C–C–N with tert-alkyl or cyclic N) is 1. The third-order valence-electron chi connectivity index (χ3n) is 6.30. The van der Waals surface area contributed by atoms with E-state index in [4.69, 9.17) is 0 Å². The molecule has 1 aromatic carbocycles. The molecule has 3 heterocycles. The molecule has 8 heteroatoms. The molecule has 4 rings (SSSR count). The van der Waals surface area contributed by atoms with E-state index in [1.54, 1.807) is 24.8 Å². The van der Waals surface area contributed by atoms with Crippen LogP contribution in [-0.4, -0.2) is 74.4 Å². The molecule has 32 heavy (non-hydrogen) atoms. The number of Topliss-reactive ketones (excluding diaryl/α,β-unsaturated/α-hetero) is 1. The normalized spacial score (nSPS) is 18.4. The summed E-state index contributed by atoms with van der Waals surface area (Å²) in [6.07, 6.45) is 2.94. The molecule has 1 amide bonds. The van der Waals surface area contributed by atoms with Crippen molar-refractivity contribution in [2.45, 2.75) is 51.3 Å². The van der Waals surface area contributed by atoms with Gasteiger partial charge in [0.15, 0.2) is 5.78 Å². The van der Waals surface area contributed by atoms with Gasteiger partial charge in [0.1, 0.15) is 17.8 Å². The first-order valence-electron chi connectivity index (χ1n) is 11.2. The number of nitrogens with one attached hydrogen (secondary N) is 1. The molecule has 0 aliphatic carbocycles. The van der Waals surface area contributed by atoms with Gasteiger partial charge < -0.3 is 15.3 Å². The summed E-state index contributed by atoms with van der Waals surface area (Å²) in [7, 11) is 0. The van der Waals surface area contributed by atoms with Crippen LogP contribution in [0.25, 0.3) is 0 Å². The van der Waals surface area contributed by atoms with Crippen molar-refractivity contribution in [2.75, 3.05) is 31.5 Å². The molecule has 0 bridgehead atoms. The summed E-state index contributed by atoms with van der Waals surface area (Å²) < 4.78 is 0. The lowest BCUT2D eigenvalue weighted by Crippen LogP contribution is -2.56. The number of hydrogen-bond acceptors (Lipinski definition) is 7. The molecule has 170 valence electrons. The van der Waals surface area contributed by atoms with Crippen LogP contribution in [0.3, 0.4) is 0 Å². The first-order chi connectivity index (χ1) is 15.3. The van der Waals surface area contributed by atoms with Gasteiger partial charge in [0.2, 0.25) is 5.91 Å². The van der Waals surface area contributed by atoms with Gasteiger partial charge in [-0.1, -0.05) is 24.3 Å². The number of aliphatic hydroxyl groups is 1. The van der Waals surface area contributed by atoms with Crippen molar-refractivity contribution in [3.8, 4) is 0 Å². The smallest absolute Gasteiger partial charge is 0.219 e. The van der Waals surface area contributed by atoms with Crippen LogP contribution in [0.2, 0.25) is 0 Å². The summed E-state index contributed by atoms with van der Waals surface area (Å²) in [6, 6.07) is 10.2. The van der Waals surface area contributed by atoms with E-state index in [9.17, 15) is 14.7 Å². The fraction of sp³-hybridized carbons (Fsp3) is 0.500. The topological polar surface area (TPSA) is 98.7 Å². The van der Waals surface area contributed by atoms with Crippen molar-refractivity contribution in [1.82, 2.24) is 19.8 Å². The van der Waals surface area contributed by atoms with Crippen molar-refractivity contribution >= 4 is 17.5 Å². The lowest BCUT2D eigenvalue weighted by atomic mass is 9.94. The number of aromatic nitrogens is 2. The van der Waals surface area contributed by atoms with E-state index >= 15 is 0 Å². The molecule has 1 fully saturated rings. The van der Waals surface area contributed by atoms with Gasteiger partial charge in [-0.05, 0) is 30.9 Å². The van der Waals surface area contributed by atoms with Gasteiger partial charge in [-0.25, -0.2) is 9.97 Å². The minimum atomic E-state index is -0.960. The largest absolute Gasteiger partial charge is 0.389 e. The summed E-state index contributed by atoms with van der Waals surface area (Å²) in [5, 5.41) is 14.2. The number of benzene rings is 1. The van der Waals surface area contributed by atoms with Crippen LogP contribution in [-0.2, 0) is 17.8 Å². The number of fused-ring (bicyclic) bond motifs is 1. The molecule has 1 aromatic heterocycles. The van der Waals surface area contributed by atoms with Gasteiger partial charge in [0, 0.05) is 52.1 Å². The zero-order valence-electron chi connectivity index (χ0n) is 18.8. The van der Waals surface area contributed by atoms with E-state index in [0.717, 1.165) is 19.5 Å². The Labute approximate surface area is 188 Å². The Morgan fingerprint density at radius 3 is 2.72 bits per heavy atom. The SMILES string of the molecule is CC(=O)N1CC(Nc2cc(C(=O)CCC(C)(O)CN3CCc4ccccc4C3)ncn2)C1. The van der Waals surface area contributed by atoms with Crippen LogP contribution in [0.4, 0.5) is 5.82 Å². The molecular weight excluding hydrogens is 406 g/mol. The second-order valence-electron chi connectivity index (χ2n) is 9.20. The van der Waals surface area contributed by atoms with Gasteiger partial charge >= 0.3 is 0 Å². The van der Waals surface area contributed by atoms with E-state index in [2.05, 4.69) is 38.4 Å². The Morgan fingerprint density at radius 2 is 1.97 bits per heavy atom. The Bertz CT molecular complexity index is 987. The number of anilines is 1. The fourth-order valence-electron chi connectivity index (χ4n) is 4.39. The number of hydrogen-bond donors (Lipinski definition) is 2. The first-order valence-corrected chi connectivity index (χ1v) is 11.2. The number of ketones is 1. The average Bonchev–Trinajstić information content (AvgIpc) is 2.74. The van der Waals surface area contributed by atoms with Crippen LogP contribution in [0.1, 0.15) is 48.3 Å². The third kappa shape index (κ3) is 5.49. The van der Waals surface area contributed by atoms with E-state index in [1.807, 2.05) is 6.07 Å². The van der Waals surface area contributed by atoms with Crippen LogP contribution >= 0.6 is 0 Å². The summed E-state index contributed by atoms with van der Waals surface area (Å²) in [5.74, 6) is 0.524. The van der Waals surface area contributed by atoms with Crippen molar-refractivity contribution < 1.29 is 14.7 Å². The Hall–Kier alpha value is -2.84.